The van der Waals surface area contributed by atoms with Gasteiger partial charge in [0.2, 0.25) is 10.0 Å². The lowest BCUT2D eigenvalue weighted by Crippen LogP contribution is -2.30. The summed E-state index contributed by atoms with van der Waals surface area (Å²) in [4.78, 5) is 12.4. The van der Waals surface area contributed by atoms with Crippen LogP contribution in [-0.4, -0.2) is 41.3 Å². The molecule has 0 atom stereocenters. The molecule has 0 aliphatic heterocycles. The van der Waals surface area contributed by atoms with Crippen molar-refractivity contribution in [3.63, 3.8) is 0 Å². The fourth-order valence-electron chi connectivity index (χ4n) is 2.50. The van der Waals surface area contributed by atoms with E-state index in [9.17, 15) is 13.2 Å². The molecular formula is C19H24N2O4S. The summed E-state index contributed by atoms with van der Waals surface area (Å²) >= 11 is 0. The predicted molar refractivity (Wildman–Crippen MR) is 103 cm³/mol. The van der Waals surface area contributed by atoms with Crippen LogP contribution in [0.2, 0.25) is 0 Å². The van der Waals surface area contributed by atoms with Gasteiger partial charge in [0.15, 0.2) is 0 Å². The minimum atomic E-state index is -3.44. The summed E-state index contributed by atoms with van der Waals surface area (Å²) < 4.78 is 29.7. The second kappa shape index (κ2) is 8.71. The summed E-state index contributed by atoms with van der Waals surface area (Å²) in [6, 6.07) is 14.5. The number of methoxy groups -OCH3 is 1. The molecule has 0 aliphatic rings. The van der Waals surface area contributed by atoms with Crippen LogP contribution >= 0.6 is 0 Å². The minimum absolute atomic E-state index is 0.286. The number of hydrogen-bond donors (Lipinski definition) is 1. The van der Waals surface area contributed by atoms with Crippen LogP contribution in [0.4, 0.5) is 5.69 Å². The molecule has 0 fully saturated rings. The lowest BCUT2D eigenvalue weighted by atomic mass is 10.1. The molecule has 6 nitrogen and oxygen atoms in total. The zero-order valence-electron chi connectivity index (χ0n) is 15.2. The summed E-state index contributed by atoms with van der Waals surface area (Å²) in [5, 5.41) is 2.85. The molecule has 0 spiro atoms. The van der Waals surface area contributed by atoms with Crippen LogP contribution in [0.15, 0.2) is 48.5 Å². The average molecular weight is 376 g/mol. The van der Waals surface area contributed by atoms with Crippen molar-refractivity contribution in [1.82, 2.24) is 5.32 Å². The highest BCUT2D eigenvalue weighted by molar-refractivity contribution is 7.92. The zero-order valence-corrected chi connectivity index (χ0v) is 16.0. The van der Waals surface area contributed by atoms with E-state index in [-0.39, 0.29) is 5.91 Å². The molecule has 0 saturated carbocycles. The number of anilines is 1. The van der Waals surface area contributed by atoms with E-state index >= 15 is 0 Å². The van der Waals surface area contributed by atoms with Gasteiger partial charge in [-0.3, -0.25) is 9.10 Å². The van der Waals surface area contributed by atoms with Crippen LogP contribution in [0.1, 0.15) is 22.3 Å². The maximum Gasteiger partial charge on any atom is 0.253 e. The van der Waals surface area contributed by atoms with E-state index in [4.69, 9.17) is 4.74 Å². The molecule has 1 N–H and O–H groups in total. The summed E-state index contributed by atoms with van der Waals surface area (Å²) in [6.07, 6.45) is 2.72. The molecule has 26 heavy (non-hydrogen) atoms. The van der Waals surface area contributed by atoms with Crippen LogP contribution < -0.4 is 14.4 Å². The van der Waals surface area contributed by atoms with Crippen molar-refractivity contribution in [2.75, 3.05) is 31.3 Å². The molecule has 0 aromatic heterocycles. The largest absolute Gasteiger partial charge is 0.497 e. The molecule has 0 aliphatic carbocycles. The first-order valence-corrected chi connectivity index (χ1v) is 10.1. The fraction of sp³-hybridized carbons (Fsp3) is 0.316. The maximum atomic E-state index is 12.4. The second-order valence-corrected chi connectivity index (χ2v) is 7.97. The monoisotopic (exact) mass is 376 g/mol. The van der Waals surface area contributed by atoms with Crippen molar-refractivity contribution in [1.29, 1.82) is 0 Å². The zero-order chi connectivity index (χ0) is 19.2. The van der Waals surface area contributed by atoms with Gasteiger partial charge >= 0.3 is 0 Å². The topological polar surface area (TPSA) is 75.7 Å². The molecule has 0 saturated heterocycles. The van der Waals surface area contributed by atoms with Gasteiger partial charge in [-0.2, -0.15) is 0 Å². The van der Waals surface area contributed by atoms with Crippen molar-refractivity contribution in [2.45, 2.75) is 12.8 Å². The van der Waals surface area contributed by atoms with Crippen molar-refractivity contribution in [3.8, 4) is 5.75 Å². The third-order valence-corrected chi connectivity index (χ3v) is 5.26. The number of aryl methyl sites for hydroxylation is 1. The molecule has 7 heteroatoms. The molecule has 0 bridgehead atoms. The number of ether oxygens (including phenoxy) is 1. The van der Waals surface area contributed by atoms with Crippen LogP contribution in [0.3, 0.4) is 0 Å². The SMILES string of the molecule is COc1ccc(CCCNC(=O)c2ccccc2N(C)S(C)(=O)=O)cc1. The Morgan fingerprint density at radius 3 is 2.38 bits per heavy atom. The first kappa shape index (κ1) is 19.8. The number of sulfonamides is 1. The Balaban J connectivity index is 1.94. The van der Waals surface area contributed by atoms with Crippen molar-refractivity contribution in [2.24, 2.45) is 0 Å². The fourth-order valence-corrected chi connectivity index (χ4v) is 3.02. The quantitative estimate of drug-likeness (QED) is 0.718. The summed E-state index contributed by atoms with van der Waals surface area (Å²) in [5.74, 6) is 0.527. The number of para-hydroxylation sites is 1. The van der Waals surface area contributed by atoms with Gasteiger partial charge in [0.05, 0.1) is 24.6 Å². The van der Waals surface area contributed by atoms with E-state index in [1.807, 2.05) is 24.3 Å². The van der Waals surface area contributed by atoms with Gasteiger partial charge in [-0.15, -0.1) is 0 Å². The summed E-state index contributed by atoms with van der Waals surface area (Å²) in [7, 11) is -0.372. The van der Waals surface area contributed by atoms with Crippen LogP contribution in [0.25, 0.3) is 0 Å². The van der Waals surface area contributed by atoms with Crippen molar-refractivity contribution >= 4 is 21.6 Å². The summed E-state index contributed by atoms with van der Waals surface area (Å²) in [6.45, 7) is 0.502. The van der Waals surface area contributed by atoms with Crippen molar-refractivity contribution < 1.29 is 17.9 Å². The highest BCUT2D eigenvalue weighted by Gasteiger charge is 2.19. The lowest BCUT2D eigenvalue weighted by Gasteiger charge is -2.19. The van der Waals surface area contributed by atoms with E-state index in [1.165, 1.54) is 7.05 Å². The highest BCUT2D eigenvalue weighted by Crippen LogP contribution is 2.21. The van der Waals surface area contributed by atoms with Crippen LogP contribution in [-0.2, 0) is 16.4 Å². The Labute approximate surface area is 154 Å². The third kappa shape index (κ3) is 5.23. The van der Waals surface area contributed by atoms with Gasteiger partial charge in [0.1, 0.15) is 5.75 Å². The van der Waals surface area contributed by atoms with Gasteiger partial charge in [0, 0.05) is 13.6 Å². The second-order valence-electron chi connectivity index (χ2n) is 5.96. The van der Waals surface area contributed by atoms with E-state index in [0.29, 0.717) is 17.8 Å². The lowest BCUT2D eigenvalue weighted by molar-refractivity contribution is 0.0954. The Kier molecular flexibility index (Phi) is 6.63. The van der Waals surface area contributed by atoms with Gasteiger partial charge < -0.3 is 10.1 Å². The third-order valence-electron chi connectivity index (χ3n) is 4.07. The van der Waals surface area contributed by atoms with Crippen molar-refractivity contribution in [3.05, 3.63) is 59.7 Å². The number of hydrogen-bond acceptors (Lipinski definition) is 4. The molecule has 0 radical (unpaired) electrons. The number of rotatable bonds is 8. The molecule has 0 heterocycles. The van der Waals surface area contributed by atoms with E-state index < -0.39 is 10.0 Å². The number of nitrogens with zero attached hydrogens (tertiary/aromatic N) is 1. The van der Waals surface area contributed by atoms with Gasteiger partial charge in [0.25, 0.3) is 5.91 Å². The molecular weight excluding hydrogens is 352 g/mol. The Morgan fingerprint density at radius 2 is 1.77 bits per heavy atom. The van der Waals surface area contributed by atoms with Gasteiger partial charge in [-0.25, -0.2) is 8.42 Å². The number of nitrogens with one attached hydrogen (secondary N) is 1. The molecule has 140 valence electrons. The smallest absolute Gasteiger partial charge is 0.253 e. The normalized spacial score (nSPS) is 11.0. The van der Waals surface area contributed by atoms with E-state index in [2.05, 4.69) is 5.32 Å². The van der Waals surface area contributed by atoms with E-state index in [0.717, 1.165) is 34.7 Å². The molecule has 2 aromatic rings. The predicted octanol–water partition coefficient (Wildman–Crippen LogP) is 2.45. The first-order chi connectivity index (χ1) is 12.3. The Morgan fingerprint density at radius 1 is 1.12 bits per heavy atom. The van der Waals surface area contributed by atoms with Gasteiger partial charge in [-0.1, -0.05) is 24.3 Å². The molecule has 2 aromatic carbocycles. The number of amides is 1. The van der Waals surface area contributed by atoms with Crippen LogP contribution in [0, 0.1) is 0 Å². The molecule has 1 amide bonds. The average Bonchev–Trinajstić information content (AvgIpc) is 2.64. The van der Waals surface area contributed by atoms with E-state index in [1.54, 1.807) is 31.4 Å². The highest BCUT2D eigenvalue weighted by atomic mass is 32.2. The standard InChI is InChI=1S/C19H24N2O4S/c1-21(26(3,23)24)18-9-5-4-8-17(18)19(22)20-14-6-7-15-10-12-16(25-2)13-11-15/h4-5,8-13H,6-7,14H2,1-3H3,(H,20,22). The summed E-state index contributed by atoms with van der Waals surface area (Å²) in [5.41, 5.74) is 1.87. The number of benzene rings is 2. The molecule has 2 rings (SSSR count). The minimum Gasteiger partial charge on any atom is -0.497 e. The first-order valence-electron chi connectivity index (χ1n) is 8.27. The Bertz CT molecular complexity index is 848. The molecule has 0 unspecified atom stereocenters. The maximum absolute atomic E-state index is 12.4. The van der Waals surface area contributed by atoms with Gasteiger partial charge in [-0.05, 0) is 42.7 Å². The van der Waals surface area contributed by atoms with Crippen LogP contribution in [0.5, 0.6) is 5.75 Å². The number of carbonyl (C=O) groups excluding carboxylic acids is 1. The number of carbonyl (C=O) groups is 1. The Hall–Kier alpha value is -2.54.